The number of benzene rings is 1. The van der Waals surface area contributed by atoms with Gasteiger partial charge in [0, 0.05) is 18.4 Å². The van der Waals surface area contributed by atoms with Crippen LogP contribution in [0.3, 0.4) is 0 Å². The van der Waals surface area contributed by atoms with Crippen LogP contribution >= 0.6 is 0 Å². The van der Waals surface area contributed by atoms with Crippen LogP contribution in [0.5, 0.6) is 11.6 Å². The molecule has 2 aromatic rings. The predicted molar refractivity (Wildman–Crippen MR) is 72.4 cm³/mol. The number of aromatic amines is 1. The van der Waals surface area contributed by atoms with Crippen LogP contribution in [0.1, 0.15) is 12.8 Å². The van der Waals surface area contributed by atoms with E-state index in [9.17, 15) is 9.90 Å². The van der Waals surface area contributed by atoms with Gasteiger partial charge in [0.25, 0.3) is 5.91 Å². The van der Waals surface area contributed by atoms with Gasteiger partial charge in [-0.1, -0.05) is 0 Å². The molecule has 0 saturated heterocycles. The highest BCUT2D eigenvalue weighted by Crippen LogP contribution is 2.37. The molecule has 106 valence electrons. The highest BCUT2D eigenvalue weighted by molar-refractivity contribution is 5.95. The molecule has 0 aliphatic heterocycles. The molecule has 0 aliphatic carbocycles. The van der Waals surface area contributed by atoms with Gasteiger partial charge in [-0.05, 0) is 24.6 Å². The average molecular weight is 277 g/mol. The molecule has 0 bridgehead atoms. The first-order valence-corrected chi connectivity index (χ1v) is 6.10. The lowest BCUT2D eigenvalue weighted by molar-refractivity contribution is -0.118. The Balaban J connectivity index is 2.31. The lowest BCUT2D eigenvalue weighted by atomic mass is 10.2. The summed E-state index contributed by atoms with van der Waals surface area (Å²) in [7, 11) is 1.54. The minimum absolute atomic E-state index is 0.0726. The Labute approximate surface area is 114 Å². The third-order valence-corrected chi connectivity index (χ3v) is 2.77. The van der Waals surface area contributed by atoms with Gasteiger partial charge in [0.1, 0.15) is 5.75 Å². The number of aromatic hydroxyl groups is 1. The van der Waals surface area contributed by atoms with Crippen molar-refractivity contribution >= 4 is 22.5 Å². The van der Waals surface area contributed by atoms with Crippen molar-refractivity contribution < 1.29 is 19.7 Å². The van der Waals surface area contributed by atoms with Gasteiger partial charge in [-0.25, -0.2) is 0 Å². The molecule has 1 aromatic carbocycles. The summed E-state index contributed by atoms with van der Waals surface area (Å²) in [6, 6.07) is 5.17. The molecule has 1 amide bonds. The standard InChI is InChI=1S/C13H15N3O4/c1-20-8-4-5-10-9(7-8)12(13(19)14-10)16-15-11(18)3-2-6-17/h4-5,7,14,17,19H,2-3,6H2,1H3. The zero-order valence-corrected chi connectivity index (χ0v) is 11.0. The molecule has 0 unspecified atom stereocenters. The van der Waals surface area contributed by atoms with Crippen molar-refractivity contribution in [2.24, 2.45) is 10.2 Å². The zero-order chi connectivity index (χ0) is 14.5. The lowest BCUT2D eigenvalue weighted by Crippen LogP contribution is -1.93. The fraction of sp³-hybridized carbons (Fsp3) is 0.308. The summed E-state index contributed by atoms with van der Waals surface area (Å²) in [4.78, 5) is 14.1. The van der Waals surface area contributed by atoms with Gasteiger partial charge >= 0.3 is 0 Å². The van der Waals surface area contributed by atoms with Crippen molar-refractivity contribution in [1.29, 1.82) is 0 Å². The number of aromatic nitrogens is 1. The number of carbonyl (C=O) groups is 1. The molecule has 0 saturated carbocycles. The number of azo groups is 1. The topological polar surface area (TPSA) is 107 Å². The summed E-state index contributed by atoms with van der Waals surface area (Å²) in [5.41, 5.74) is 0.858. The van der Waals surface area contributed by atoms with Gasteiger partial charge < -0.3 is 19.9 Å². The Hall–Kier alpha value is -2.41. The minimum Gasteiger partial charge on any atom is -0.497 e. The van der Waals surface area contributed by atoms with Crippen LogP contribution in [0.2, 0.25) is 0 Å². The largest absolute Gasteiger partial charge is 0.497 e. The third kappa shape index (κ3) is 2.94. The summed E-state index contributed by atoms with van der Waals surface area (Å²) in [5, 5.41) is 26.3. The van der Waals surface area contributed by atoms with Crippen molar-refractivity contribution in [3.8, 4) is 11.6 Å². The minimum atomic E-state index is -0.448. The number of amides is 1. The normalized spacial score (nSPS) is 11.3. The number of ether oxygens (including phenoxy) is 1. The third-order valence-electron chi connectivity index (χ3n) is 2.77. The van der Waals surface area contributed by atoms with Crippen LogP contribution in [-0.4, -0.2) is 34.8 Å². The quantitative estimate of drug-likeness (QED) is 0.728. The Morgan fingerprint density at radius 3 is 2.95 bits per heavy atom. The SMILES string of the molecule is COc1ccc2[nH]c(O)c(N=NC(=O)CCCO)c2c1. The lowest BCUT2D eigenvalue weighted by Gasteiger charge is -1.98. The summed E-state index contributed by atoms with van der Waals surface area (Å²) in [5.74, 6) is 0.00205. The summed E-state index contributed by atoms with van der Waals surface area (Å²) in [6.45, 7) is -0.0726. The maximum Gasteiger partial charge on any atom is 0.264 e. The molecule has 7 heteroatoms. The van der Waals surface area contributed by atoms with Gasteiger partial charge in [-0.3, -0.25) is 4.79 Å². The molecule has 0 aliphatic rings. The van der Waals surface area contributed by atoms with Gasteiger partial charge in [-0.15, -0.1) is 10.2 Å². The number of H-pyrrole nitrogens is 1. The molecule has 1 aromatic heterocycles. The van der Waals surface area contributed by atoms with Gasteiger partial charge in [-0.2, -0.15) is 0 Å². The fourth-order valence-electron chi connectivity index (χ4n) is 1.76. The second-order valence-corrected chi connectivity index (χ2v) is 4.15. The van der Waals surface area contributed by atoms with Crippen LogP contribution < -0.4 is 4.74 Å². The molecule has 2 rings (SSSR count). The molecule has 0 spiro atoms. The van der Waals surface area contributed by atoms with E-state index < -0.39 is 5.91 Å². The van der Waals surface area contributed by atoms with Gasteiger partial charge in [0.15, 0.2) is 5.69 Å². The van der Waals surface area contributed by atoms with E-state index in [1.54, 1.807) is 18.2 Å². The zero-order valence-electron chi connectivity index (χ0n) is 11.0. The second kappa shape index (κ2) is 6.16. The van der Waals surface area contributed by atoms with Crippen LogP contribution in [-0.2, 0) is 4.79 Å². The number of methoxy groups -OCH3 is 1. The Morgan fingerprint density at radius 1 is 1.45 bits per heavy atom. The monoisotopic (exact) mass is 277 g/mol. The van der Waals surface area contributed by atoms with Crippen LogP contribution in [0.15, 0.2) is 28.4 Å². The van der Waals surface area contributed by atoms with E-state index in [1.807, 2.05) is 0 Å². The number of hydrogen-bond acceptors (Lipinski definition) is 5. The molecule has 0 fully saturated rings. The fourth-order valence-corrected chi connectivity index (χ4v) is 1.76. The molecule has 1 heterocycles. The Bertz CT molecular complexity index is 648. The predicted octanol–water partition coefficient (Wildman–Crippen LogP) is 2.26. The highest BCUT2D eigenvalue weighted by atomic mass is 16.5. The van der Waals surface area contributed by atoms with E-state index >= 15 is 0 Å². The summed E-state index contributed by atoms with van der Waals surface area (Å²) in [6.07, 6.45) is 0.456. The summed E-state index contributed by atoms with van der Waals surface area (Å²) >= 11 is 0. The number of nitrogens with zero attached hydrogens (tertiary/aromatic N) is 2. The van der Waals surface area contributed by atoms with E-state index in [0.29, 0.717) is 23.1 Å². The van der Waals surface area contributed by atoms with Gasteiger partial charge in [0.05, 0.1) is 12.6 Å². The van der Waals surface area contributed by atoms with E-state index in [2.05, 4.69) is 15.2 Å². The number of aliphatic hydroxyl groups excluding tert-OH is 1. The van der Waals surface area contributed by atoms with E-state index in [4.69, 9.17) is 9.84 Å². The van der Waals surface area contributed by atoms with Crippen LogP contribution in [0.25, 0.3) is 10.9 Å². The number of rotatable bonds is 5. The molecular weight excluding hydrogens is 262 g/mol. The highest BCUT2D eigenvalue weighted by Gasteiger charge is 2.11. The molecule has 3 N–H and O–H groups in total. The average Bonchev–Trinajstić information content (AvgIpc) is 2.77. The number of hydrogen-bond donors (Lipinski definition) is 3. The van der Waals surface area contributed by atoms with Crippen LogP contribution in [0, 0.1) is 0 Å². The van der Waals surface area contributed by atoms with Gasteiger partial charge in [0.2, 0.25) is 5.88 Å². The first-order valence-electron chi connectivity index (χ1n) is 6.10. The van der Waals surface area contributed by atoms with E-state index in [1.165, 1.54) is 7.11 Å². The summed E-state index contributed by atoms with van der Waals surface area (Å²) < 4.78 is 5.10. The first-order chi connectivity index (χ1) is 9.65. The Morgan fingerprint density at radius 2 is 2.25 bits per heavy atom. The smallest absolute Gasteiger partial charge is 0.264 e. The second-order valence-electron chi connectivity index (χ2n) is 4.15. The van der Waals surface area contributed by atoms with Crippen molar-refractivity contribution in [2.45, 2.75) is 12.8 Å². The van der Waals surface area contributed by atoms with Crippen LogP contribution in [0.4, 0.5) is 5.69 Å². The molecule has 20 heavy (non-hydrogen) atoms. The number of fused-ring (bicyclic) bond motifs is 1. The van der Waals surface area contributed by atoms with Crippen molar-refractivity contribution in [2.75, 3.05) is 13.7 Å². The number of aliphatic hydroxyl groups is 1. The maximum absolute atomic E-state index is 11.4. The first kappa shape index (κ1) is 14.0. The van der Waals surface area contributed by atoms with Crippen molar-refractivity contribution in [3.63, 3.8) is 0 Å². The number of carbonyl (C=O) groups excluding carboxylic acids is 1. The maximum atomic E-state index is 11.4. The number of nitrogens with one attached hydrogen (secondary N) is 1. The van der Waals surface area contributed by atoms with E-state index in [0.717, 1.165) is 0 Å². The Kier molecular flexibility index (Phi) is 4.31. The molecule has 0 radical (unpaired) electrons. The molecule has 7 nitrogen and oxygen atoms in total. The van der Waals surface area contributed by atoms with Crippen molar-refractivity contribution in [1.82, 2.24) is 4.98 Å². The molecular formula is C13H15N3O4. The van der Waals surface area contributed by atoms with Crippen molar-refractivity contribution in [3.05, 3.63) is 18.2 Å². The molecule has 0 atom stereocenters. The van der Waals surface area contributed by atoms with E-state index in [-0.39, 0.29) is 24.6 Å².